The molecule has 158 valence electrons. The van der Waals surface area contributed by atoms with Crippen LogP contribution in [0.15, 0.2) is 56.2 Å². The predicted molar refractivity (Wildman–Crippen MR) is 117 cm³/mol. The van der Waals surface area contributed by atoms with Crippen LogP contribution in [-0.2, 0) is 10.0 Å². The Kier molecular flexibility index (Phi) is 5.69. The number of fused-ring (bicyclic) bond motifs is 1. The van der Waals surface area contributed by atoms with Gasteiger partial charge in [-0.2, -0.15) is 0 Å². The summed E-state index contributed by atoms with van der Waals surface area (Å²) in [5, 5.41) is 0. The molecule has 0 aliphatic carbocycles. The first kappa shape index (κ1) is 21.0. The number of amides is 1. The minimum absolute atomic E-state index is 0.0831. The zero-order valence-electron chi connectivity index (χ0n) is 16.7. The van der Waals surface area contributed by atoms with Crippen LogP contribution in [-0.4, -0.2) is 55.7 Å². The number of carbonyl (C=O) groups excluding carboxylic acids is 1. The van der Waals surface area contributed by atoms with Gasteiger partial charge in [0.1, 0.15) is 5.52 Å². The van der Waals surface area contributed by atoms with Crippen LogP contribution >= 0.6 is 15.9 Å². The summed E-state index contributed by atoms with van der Waals surface area (Å²) >= 11 is 3.28. The van der Waals surface area contributed by atoms with Gasteiger partial charge in [-0.05, 0) is 59.1 Å². The lowest BCUT2D eigenvalue weighted by Crippen LogP contribution is -2.38. The summed E-state index contributed by atoms with van der Waals surface area (Å²) in [4.78, 5) is 19.4. The number of aromatic nitrogens is 1. The Morgan fingerprint density at radius 2 is 1.87 bits per heavy atom. The number of para-hydroxylation sites is 2. The van der Waals surface area contributed by atoms with Crippen molar-refractivity contribution in [1.29, 1.82) is 0 Å². The number of rotatable bonds is 4. The number of nitrogens with zero attached hydrogens (tertiary/aromatic N) is 3. The zero-order chi connectivity index (χ0) is 21.5. The Balaban J connectivity index is 1.49. The molecular formula is C21H22BrN3O4S. The van der Waals surface area contributed by atoms with E-state index in [0.717, 1.165) is 28.2 Å². The van der Waals surface area contributed by atoms with Gasteiger partial charge in [-0.1, -0.05) is 12.1 Å². The smallest absolute Gasteiger partial charge is 0.253 e. The summed E-state index contributed by atoms with van der Waals surface area (Å²) < 4.78 is 32.5. The predicted octanol–water partition coefficient (Wildman–Crippen LogP) is 3.86. The van der Waals surface area contributed by atoms with Gasteiger partial charge >= 0.3 is 0 Å². The van der Waals surface area contributed by atoms with Crippen molar-refractivity contribution in [2.45, 2.75) is 23.7 Å². The fraction of sp³-hybridized carbons (Fsp3) is 0.333. The van der Waals surface area contributed by atoms with E-state index in [-0.39, 0.29) is 16.7 Å². The highest BCUT2D eigenvalue weighted by molar-refractivity contribution is 9.10. The third-order valence-corrected chi connectivity index (χ3v) is 8.19. The second-order valence-corrected chi connectivity index (χ2v) is 10.5. The van der Waals surface area contributed by atoms with Gasteiger partial charge in [-0.3, -0.25) is 4.79 Å². The second kappa shape index (κ2) is 8.13. The van der Waals surface area contributed by atoms with Crippen LogP contribution < -0.4 is 0 Å². The van der Waals surface area contributed by atoms with Gasteiger partial charge in [0.25, 0.3) is 5.91 Å². The summed E-state index contributed by atoms with van der Waals surface area (Å²) in [5.41, 5.74) is 1.98. The van der Waals surface area contributed by atoms with Crippen molar-refractivity contribution in [3.8, 4) is 0 Å². The van der Waals surface area contributed by atoms with Crippen LogP contribution in [0.2, 0.25) is 0 Å². The largest absolute Gasteiger partial charge is 0.440 e. The Bertz CT molecular complexity index is 1160. The van der Waals surface area contributed by atoms with Crippen molar-refractivity contribution >= 4 is 43.0 Å². The summed E-state index contributed by atoms with van der Waals surface area (Å²) in [6.45, 7) is 1.13. The van der Waals surface area contributed by atoms with E-state index < -0.39 is 10.0 Å². The first-order valence-corrected chi connectivity index (χ1v) is 11.9. The maximum atomic E-state index is 13.0. The standard InChI is InChI=1S/C21H22BrN3O4S/c1-24(2)30(27,28)19-13-15(7-8-16(19)22)21(26)25-11-9-14(10-12-25)20-23-17-5-3-4-6-18(17)29-20/h3-8,13-14H,9-12H2,1-2H3. The van der Waals surface area contributed by atoms with Crippen molar-refractivity contribution in [3.63, 3.8) is 0 Å². The van der Waals surface area contributed by atoms with Gasteiger partial charge in [0, 0.05) is 43.1 Å². The van der Waals surface area contributed by atoms with Gasteiger partial charge < -0.3 is 9.32 Å². The summed E-state index contributed by atoms with van der Waals surface area (Å²) in [5.74, 6) is 0.705. The van der Waals surface area contributed by atoms with Gasteiger partial charge in [0.15, 0.2) is 11.5 Å². The van der Waals surface area contributed by atoms with E-state index >= 15 is 0 Å². The van der Waals surface area contributed by atoms with E-state index in [2.05, 4.69) is 20.9 Å². The molecule has 0 bridgehead atoms. The Morgan fingerprint density at radius 1 is 1.17 bits per heavy atom. The molecule has 0 atom stereocenters. The molecule has 1 saturated heterocycles. The molecule has 0 unspecified atom stereocenters. The van der Waals surface area contributed by atoms with E-state index in [4.69, 9.17) is 4.42 Å². The topological polar surface area (TPSA) is 83.7 Å². The molecule has 4 rings (SSSR count). The van der Waals surface area contributed by atoms with E-state index in [1.165, 1.54) is 20.2 Å². The molecule has 0 saturated carbocycles. The number of piperidine rings is 1. The average Bonchev–Trinajstić information content (AvgIpc) is 3.18. The van der Waals surface area contributed by atoms with Crippen molar-refractivity contribution in [2.75, 3.05) is 27.2 Å². The number of hydrogen-bond donors (Lipinski definition) is 0. The maximum absolute atomic E-state index is 13.0. The summed E-state index contributed by atoms with van der Waals surface area (Å²) in [7, 11) is -0.726. The number of halogens is 1. The molecule has 9 heteroatoms. The van der Waals surface area contributed by atoms with Crippen LogP contribution in [0.3, 0.4) is 0 Å². The highest BCUT2D eigenvalue weighted by Gasteiger charge is 2.29. The molecule has 30 heavy (non-hydrogen) atoms. The number of hydrogen-bond acceptors (Lipinski definition) is 5. The lowest BCUT2D eigenvalue weighted by Gasteiger charge is -2.30. The normalized spacial score (nSPS) is 15.8. The van der Waals surface area contributed by atoms with E-state index in [1.807, 2.05) is 24.3 Å². The Morgan fingerprint density at radius 3 is 2.53 bits per heavy atom. The Labute approximate surface area is 183 Å². The first-order valence-electron chi connectivity index (χ1n) is 9.64. The van der Waals surface area contributed by atoms with Crippen LogP contribution in [0, 0.1) is 0 Å². The summed E-state index contributed by atoms with van der Waals surface area (Å²) in [6, 6.07) is 12.4. The van der Waals surface area contributed by atoms with Gasteiger partial charge in [0.2, 0.25) is 10.0 Å². The van der Waals surface area contributed by atoms with E-state index in [9.17, 15) is 13.2 Å². The average molecular weight is 492 g/mol. The van der Waals surface area contributed by atoms with Gasteiger partial charge in [-0.25, -0.2) is 17.7 Å². The lowest BCUT2D eigenvalue weighted by atomic mass is 9.96. The van der Waals surface area contributed by atoms with Crippen molar-refractivity contribution in [1.82, 2.24) is 14.2 Å². The SMILES string of the molecule is CN(C)S(=O)(=O)c1cc(C(=O)N2CCC(c3nc4ccccc4o3)CC2)ccc1Br. The molecule has 2 aromatic carbocycles. The molecule has 1 aliphatic rings. The van der Waals surface area contributed by atoms with Crippen LogP contribution in [0.25, 0.3) is 11.1 Å². The van der Waals surface area contributed by atoms with Gasteiger partial charge in [0.05, 0.1) is 4.90 Å². The molecule has 1 aliphatic heterocycles. The van der Waals surface area contributed by atoms with Crippen LogP contribution in [0.1, 0.15) is 35.0 Å². The van der Waals surface area contributed by atoms with Crippen molar-refractivity contribution in [2.24, 2.45) is 0 Å². The lowest BCUT2D eigenvalue weighted by molar-refractivity contribution is 0.0706. The number of benzene rings is 2. The molecule has 0 N–H and O–H groups in total. The third-order valence-electron chi connectivity index (χ3n) is 5.38. The van der Waals surface area contributed by atoms with Crippen molar-refractivity contribution < 1.29 is 17.6 Å². The second-order valence-electron chi connectivity index (χ2n) is 7.52. The molecular weight excluding hydrogens is 470 g/mol. The van der Waals surface area contributed by atoms with Crippen LogP contribution in [0.4, 0.5) is 0 Å². The fourth-order valence-electron chi connectivity index (χ4n) is 3.61. The molecule has 3 aromatic rings. The number of sulfonamides is 1. The molecule has 1 aromatic heterocycles. The molecule has 1 fully saturated rings. The minimum atomic E-state index is -3.66. The minimum Gasteiger partial charge on any atom is -0.440 e. The van der Waals surface area contributed by atoms with Crippen LogP contribution in [0.5, 0.6) is 0 Å². The third kappa shape index (κ3) is 3.89. The highest BCUT2D eigenvalue weighted by atomic mass is 79.9. The highest BCUT2D eigenvalue weighted by Crippen LogP contribution is 2.31. The Hall–Kier alpha value is -2.23. The van der Waals surface area contributed by atoms with E-state index in [1.54, 1.807) is 17.0 Å². The number of carbonyl (C=O) groups is 1. The molecule has 0 spiro atoms. The fourth-order valence-corrected chi connectivity index (χ4v) is 5.45. The molecule has 7 nitrogen and oxygen atoms in total. The van der Waals surface area contributed by atoms with Crippen molar-refractivity contribution in [3.05, 3.63) is 58.4 Å². The maximum Gasteiger partial charge on any atom is 0.253 e. The monoisotopic (exact) mass is 491 g/mol. The zero-order valence-corrected chi connectivity index (χ0v) is 19.1. The first-order chi connectivity index (χ1) is 14.3. The van der Waals surface area contributed by atoms with E-state index in [0.29, 0.717) is 29.0 Å². The quantitative estimate of drug-likeness (QED) is 0.553. The molecule has 0 radical (unpaired) electrons. The van der Waals surface area contributed by atoms with Gasteiger partial charge in [-0.15, -0.1) is 0 Å². The number of likely N-dealkylation sites (tertiary alicyclic amines) is 1. The molecule has 2 heterocycles. The molecule has 1 amide bonds. The summed E-state index contributed by atoms with van der Waals surface area (Å²) in [6.07, 6.45) is 1.50. The number of oxazole rings is 1.